The maximum absolute atomic E-state index is 14.6. The van der Waals surface area contributed by atoms with Crippen LogP contribution in [0.15, 0.2) is 83.3 Å². The second kappa shape index (κ2) is 28.9. The fourth-order valence-corrected chi connectivity index (χ4v) is 7.75. The zero-order valence-electron chi connectivity index (χ0n) is 38.6. The van der Waals surface area contributed by atoms with Crippen molar-refractivity contribution in [1.29, 1.82) is 0 Å². The Kier molecular flexibility index (Phi) is 22.8. The number of nitrogens with two attached hydrogens (primary N) is 5. The van der Waals surface area contributed by atoms with Crippen molar-refractivity contribution in [3.63, 3.8) is 0 Å². The molecule has 7 amide bonds. The fraction of sp³-hybridized carbons (Fsp3) is 0.422. The molecule has 2 heterocycles. The molecule has 0 aliphatic heterocycles. The number of hydrogen-bond donors (Lipinski definition) is 15. The smallest absolute Gasteiger partial charge is 0.243 e. The molecule has 0 saturated heterocycles. The number of fused-ring (bicyclic) bond motifs is 1. The van der Waals surface area contributed by atoms with Crippen LogP contribution in [0.2, 0.25) is 0 Å². The number of nitrogens with one attached hydrogen (secondary N) is 8. The van der Waals surface area contributed by atoms with Crippen molar-refractivity contribution < 1.29 is 33.6 Å². The summed E-state index contributed by atoms with van der Waals surface area (Å²) in [6.45, 7) is 0.413. The lowest BCUT2D eigenvalue weighted by molar-refractivity contribution is -0.135. The van der Waals surface area contributed by atoms with Gasteiger partial charge in [0.25, 0.3) is 0 Å². The lowest BCUT2D eigenvalue weighted by atomic mass is 10.0. The molecule has 378 valence electrons. The summed E-state index contributed by atoms with van der Waals surface area (Å²) in [5.74, 6) is -5.13. The van der Waals surface area contributed by atoms with E-state index in [1.165, 1.54) is 12.5 Å². The molecule has 25 heteroatoms. The van der Waals surface area contributed by atoms with E-state index < -0.39 is 77.6 Å². The quantitative estimate of drug-likeness (QED) is 0.0117. The standard InChI is InChI=1S/C45H64N16O7S2/c46-38(63)36(24-70)61-42(67)34(20-27-22-54-30-12-5-4-11-29(27)30)59-39(64)31(13-8-17-53-45(49)50)57-41(66)33(19-26-9-2-1-3-10-26)58-43(68)35(21-28-23-51-25-55-28)60-40(65)32(15-18-69)56-37(62)14-6-7-16-52-44(47)48/h1-5,9-12,22-23,25,31-36,54,69-70H,6-8,13-21,24H2,(H2,46,63)(H,51,55)(H,56,62)(H,57,66)(H,58,68)(H,59,64)(H,60,65)(H,61,67)(H4,47,48,52)(H4,49,50,53)/t31-,32-,33+,34-,35-,36-/m0/s1. The van der Waals surface area contributed by atoms with Crippen molar-refractivity contribution in [1.82, 2.24) is 46.9 Å². The first kappa shape index (κ1) is 55.3. The first-order chi connectivity index (χ1) is 33.6. The van der Waals surface area contributed by atoms with Gasteiger partial charge in [-0.3, -0.25) is 43.5 Å². The van der Waals surface area contributed by atoms with Crippen LogP contribution in [-0.4, -0.2) is 129 Å². The Balaban J connectivity index is 1.62. The number of unbranched alkanes of at least 4 members (excludes halogenated alkanes) is 1. The van der Waals surface area contributed by atoms with Crippen LogP contribution in [0.5, 0.6) is 0 Å². The number of thiol groups is 2. The molecular formula is C45H64N16O7S2. The van der Waals surface area contributed by atoms with Crippen molar-refractivity contribution in [2.45, 2.75) is 94.0 Å². The van der Waals surface area contributed by atoms with Gasteiger partial charge in [0.15, 0.2) is 11.9 Å². The molecule has 2 aromatic heterocycles. The number of aromatic amines is 2. The number of carbonyl (C=O) groups excluding carboxylic acids is 7. The van der Waals surface area contributed by atoms with E-state index in [9.17, 15) is 33.6 Å². The molecule has 4 aromatic rings. The summed E-state index contributed by atoms with van der Waals surface area (Å²) in [6, 6.07) is 8.64. The molecule has 70 heavy (non-hydrogen) atoms. The number of nitrogens with zero attached hydrogens (tertiary/aromatic N) is 3. The Hall–Kier alpha value is -7.28. The van der Waals surface area contributed by atoms with Crippen LogP contribution in [0.3, 0.4) is 0 Å². The Morgan fingerprint density at radius 1 is 0.586 bits per heavy atom. The molecule has 0 aliphatic rings. The van der Waals surface area contributed by atoms with E-state index in [4.69, 9.17) is 28.7 Å². The van der Waals surface area contributed by atoms with Crippen LogP contribution in [0, 0.1) is 0 Å². The third kappa shape index (κ3) is 18.7. The normalized spacial score (nSPS) is 13.5. The van der Waals surface area contributed by atoms with Crippen LogP contribution in [0.1, 0.15) is 55.3 Å². The Labute approximate surface area is 415 Å². The number of guanidine groups is 2. The summed E-state index contributed by atoms with van der Waals surface area (Å²) in [6.07, 6.45) is 5.73. The van der Waals surface area contributed by atoms with Gasteiger partial charge in [-0.25, -0.2) is 4.98 Å². The maximum atomic E-state index is 14.6. The van der Waals surface area contributed by atoms with Crippen molar-refractivity contribution in [3.05, 3.63) is 90.1 Å². The first-order valence-corrected chi connectivity index (χ1v) is 23.8. The molecule has 0 aliphatic carbocycles. The minimum Gasteiger partial charge on any atom is -0.370 e. The summed E-state index contributed by atoms with van der Waals surface area (Å²) in [7, 11) is 0. The Morgan fingerprint density at radius 3 is 1.71 bits per heavy atom. The summed E-state index contributed by atoms with van der Waals surface area (Å²) in [5, 5.41) is 17.1. The summed E-state index contributed by atoms with van der Waals surface area (Å²) in [4.78, 5) is 114. The molecule has 0 unspecified atom stereocenters. The van der Waals surface area contributed by atoms with E-state index in [-0.39, 0.29) is 74.9 Å². The van der Waals surface area contributed by atoms with Crippen molar-refractivity contribution >= 4 is 89.4 Å². The number of carbonyl (C=O) groups is 7. The highest BCUT2D eigenvalue weighted by Gasteiger charge is 2.34. The SMILES string of the molecule is NC(=O)[C@H](CS)NC(=O)[C@H](Cc1c[nH]c2ccccc12)NC(=O)[C@H](CCCN=C(N)N)NC(=O)[C@@H](Cc1ccccc1)NC(=O)[C@H](Cc1cnc[nH]1)NC(=O)[C@H](CCS)NC(=O)CCCCN=C(N)N. The van der Waals surface area contributed by atoms with Crippen LogP contribution < -0.4 is 60.6 Å². The maximum Gasteiger partial charge on any atom is 0.243 e. The van der Waals surface area contributed by atoms with Gasteiger partial charge < -0.3 is 70.5 Å². The summed E-state index contributed by atoms with van der Waals surface area (Å²) in [5.41, 5.74) is 29.9. The van der Waals surface area contributed by atoms with E-state index in [0.717, 1.165) is 10.9 Å². The average Bonchev–Trinajstić information content (AvgIpc) is 4.00. The predicted molar refractivity (Wildman–Crippen MR) is 272 cm³/mol. The molecule has 0 spiro atoms. The zero-order valence-corrected chi connectivity index (χ0v) is 40.4. The predicted octanol–water partition coefficient (Wildman–Crippen LogP) is -1.94. The van der Waals surface area contributed by atoms with Gasteiger partial charge in [-0.15, -0.1) is 0 Å². The van der Waals surface area contributed by atoms with Gasteiger partial charge in [-0.05, 0) is 55.1 Å². The molecule has 0 bridgehead atoms. The van der Waals surface area contributed by atoms with Gasteiger partial charge >= 0.3 is 0 Å². The van der Waals surface area contributed by atoms with Crippen LogP contribution in [-0.2, 0) is 52.8 Å². The third-order valence-corrected chi connectivity index (χ3v) is 11.5. The fourth-order valence-electron chi connectivity index (χ4n) is 7.22. The third-order valence-electron chi connectivity index (χ3n) is 10.9. The molecule has 6 atom stereocenters. The highest BCUT2D eigenvalue weighted by atomic mass is 32.1. The summed E-state index contributed by atoms with van der Waals surface area (Å²) >= 11 is 8.43. The highest BCUT2D eigenvalue weighted by molar-refractivity contribution is 7.80. The zero-order chi connectivity index (χ0) is 51.0. The molecule has 0 radical (unpaired) electrons. The molecule has 0 saturated carbocycles. The molecule has 18 N–H and O–H groups in total. The number of hydrogen-bond acceptors (Lipinski definition) is 12. The second-order valence-corrected chi connectivity index (χ2v) is 17.1. The minimum absolute atomic E-state index is 0.0324. The van der Waals surface area contributed by atoms with E-state index in [0.29, 0.717) is 36.2 Å². The summed E-state index contributed by atoms with van der Waals surface area (Å²) < 4.78 is 0. The number of H-pyrrole nitrogens is 2. The number of aromatic nitrogens is 3. The number of aliphatic imine (C=N–C) groups is 2. The number of para-hydroxylation sites is 1. The van der Waals surface area contributed by atoms with Crippen molar-refractivity contribution in [2.24, 2.45) is 38.7 Å². The number of amides is 7. The molecule has 4 rings (SSSR count). The van der Waals surface area contributed by atoms with E-state index >= 15 is 0 Å². The van der Waals surface area contributed by atoms with Gasteiger partial charge in [0.1, 0.15) is 36.3 Å². The molecule has 2 aromatic carbocycles. The van der Waals surface area contributed by atoms with Gasteiger partial charge in [0.2, 0.25) is 41.4 Å². The lowest BCUT2D eigenvalue weighted by Gasteiger charge is -2.27. The topological polar surface area (TPSA) is 391 Å². The highest BCUT2D eigenvalue weighted by Crippen LogP contribution is 2.20. The average molecular weight is 1010 g/mol. The van der Waals surface area contributed by atoms with Gasteiger partial charge in [-0.2, -0.15) is 25.3 Å². The molecular weight excluding hydrogens is 941 g/mol. The minimum atomic E-state index is -1.34. The van der Waals surface area contributed by atoms with Crippen molar-refractivity contribution in [3.8, 4) is 0 Å². The monoisotopic (exact) mass is 1000 g/mol. The van der Waals surface area contributed by atoms with Crippen LogP contribution >= 0.6 is 25.3 Å². The molecule has 0 fully saturated rings. The van der Waals surface area contributed by atoms with Crippen LogP contribution in [0.4, 0.5) is 0 Å². The Morgan fingerprint density at radius 2 is 1.13 bits per heavy atom. The molecule has 23 nitrogen and oxygen atoms in total. The first-order valence-electron chi connectivity index (χ1n) is 22.6. The van der Waals surface area contributed by atoms with Crippen LogP contribution in [0.25, 0.3) is 10.9 Å². The lowest BCUT2D eigenvalue weighted by Crippen LogP contribution is -2.60. The largest absolute Gasteiger partial charge is 0.370 e. The number of benzene rings is 2. The van der Waals surface area contributed by atoms with E-state index in [1.807, 2.05) is 24.3 Å². The van der Waals surface area contributed by atoms with E-state index in [1.54, 1.807) is 36.5 Å². The van der Waals surface area contributed by atoms with Gasteiger partial charge in [0.05, 0.1) is 6.33 Å². The van der Waals surface area contributed by atoms with Crippen molar-refractivity contribution in [2.75, 3.05) is 24.6 Å². The van der Waals surface area contributed by atoms with E-state index in [2.05, 4.69) is 82.1 Å². The number of rotatable bonds is 30. The number of imidazole rings is 1. The Bertz CT molecular complexity index is 2410. The van der Waals surface area contributed by atoms with Gasteiger partial charge in [0, 0.05) is 73.5 Å². The van der Waals surface area contributed by atoms with Gasteiger partial charge in [-0.1, -0.05) is 48.5 Å². The number of primary amides is 1. The second-order valence-electron chi connectivity index (χ2n) is 16.3.